The van der Waals surface area contributed by atoms with Crippen LogP contribution in [0.1, 0.15) is 27.2 Å². The van der Waals surface area contributed by atoms with Crippen LogP contribution < -0.4 is 5.32 Å². The first-order valence-corrected chi connectivity index (χ1v) is 7.20. The number of nitrogens with one attached hydrogen (secondary N) is 1. The monoisotopic (exact) mass is 255 g/mol. The molecule has 108 valence electrons. The molecule has 3 heteroatoms. The van der Waals surface area contributed by atoms with Crippen molar-refractivity contribution < 1.29 is 0 Å². The van der Waals surface area contributed by atoms with Gasteiger partial charge >= 0.3 is 0 Å². The third-order valence-electron chi connectivity index (χ3n) is 2.74. The molecule has 0 rings (SSSR count). The van der Waals surface area contributed by atoms with Crippen molar-refractivity contribution in [1.82, 2.24) is 15.1 Å². The molecule has 0 aliphatic rings. The van der Waals surface area contributed by atoms with E-state index in [0.29, 0.717) is 5.92 Å². The van der Waals surface area contributed by atoms with Gasteiger partial charge in [-0.15, -0.1) is 0 Å². The molecule has 0 atom stereocenters. The molecule has 0 aliphatic heterocycles. The summed E-state index contributed by atoms with van der Waals surface area (Å²) in [6, 6.07) is 0. The van der Waals surface area contributed by atoms with Crippen molar-refractivity contribution >= 4 is 0 Å². The highest BCUT2D eigenvalue weighted by Crippen LogP contribution is 2.02. The Hall–Kier alpha value is -0.380. The summed E-state index contributed by atoms with van der Waals surface area (Å²) in [7, 11) is 4.26. The first kappa shape index (κ1) is 17.6. The summed E-state index contributed by atoms with van der Waals surface area (Å²) in [5.74, 6) is 0.712. The van der Waals surface area contributed by atoms with Gasteiger partial charge in [0.25, 0.3) is 0 Å². The van der Waals surface area contributed by atoms with Gasteiger partial charge in [-0.05, 0) is 38.6 Å². The quantitative estimate of drug-likeness (QED) is 0.450. The standard InChI is InChI=1S/C15H33N3/c1-7-8-16-11-15(4)13-18(12-14(2)3)10-9-17(5)6/h14,16H,4,7-13H2,1-3,5-6H3. The fraction of sp³-hybridized carbons (Fsp3) is 0.867. The van der Waals surface area contributed by atoms with Crippen LogP contribution in [0.25, 0.3) is 0 Å². The van der Waals surface area contributed by atoms with Crippen molar-refractivity contribution in [3.8, 4) is 0 Å². The summed E-state index contributed by atoms with van der Waals surface area (Å²) in [6.07, 6.45) is 1.18. The Balaban J connectivity index is 4.00. The van der Waals surface area contributed by atoms with Gasteiger partial charge in [-0.1, -0.05) is 27.4 Å². The fourth-order valence-electron chi connectivity index (χ4n) is 1.91. The van der Waals surface area contributed by atoms with Gasteiger partial charge in [0, 0.05) is 32.7 Å². The molecule has 0 saturated heterocycles. The van der Waals surface area contributed by atoms with E-state index in [1.54, 1.807) is 0 Å². The molecule has 0 aromatic rings. The summed E-state index contributed by atoms with van der Waals surface area (Å²) < 4.78 is 0. The third kappa shape index (κ3) is 10.8. The Bertz CT molecular complexity index is 212. The van der Waals surface area contributed by atoms with Crippen LogP contribution in [-0.2, 0) is 0 Å². The molecule has 0 aromatic heterocycles. The topological polar surface area (TPSA) is 18.5 Å². The lowest BCUT2D eigenvalue weighted by Crippen LogP contribution is -2.37. The van der Waals surface area contributed by atoms with Crippen LogP contribution in [0.3, 0.4) is 0 Å². The summed E-state index contributed by atoms with van der Waals surface area (Å²) in [5.41, 5.74) is 1.29. The van der Waals surface area contributed by atoms with Crippen LogP contribution in [0.5, 0.6) is 0 Å². The summed E-state index contributed by atoms with van der Waals surface area (Å²) in [5, 5.41) is 3.42. The van der Waals surface area contributed by atoms with Crippen LogP contribution in [0, 0.1) is 5.92 Å². The molecular formula is C15H33N3. The molecule has 1 N–H and O–H groups in total. The van der Waals surface area contributed by atoms with Gasteiger partial charge in [-0.25, -0.2) is 0 Å². The molecule has 0 saturated carbocycles. The van der Waals surface area contributed by atoms with Crippen LogP contribution in [0.4, 0.5) is 0 Å². The number of hydrogen-bond acceptors (Lipinski definition) is 3. The van der Waals surface area contributed by atoms with Crippen LogP contribution in [-0.4, -0.2) is 63.2 Å². The minimum absolute atomic E-state index is 0.712. The molecule has 0 amide bonds. The van der Waals surface area contributed by atoms with Gasteiger partial charge in [0.05, 0.1) is 0 Å². The summed E-state index contributed by atoms with van der Waals surface area (Å²) in [4.78, 5) is 4.76. The minimum atomic E-state index is 0.712. The van der Waals surface area contributed by atoms with E-state index >= 15 is 0 Å². The smallest absolute Gasteiger partial charge is 0.0203 e. The van der Waals surface area contributed by atoms with E-state index in [9.17, 15) is 0 Å². The Morgan fingerprint density at radius 1 is 1.22 bits per heavy atom. The van der Waals surface area contributed by atoms with Crippen molar-refractivity contribution in [2.24, 2.45) is 5.92 Å². The maximum atomic E-state index is 4.18. The van der Waals surface area contributed by atoms with Crippen molar-refractivity contribution in [2.75, 3.05) is 53.4 Å². The van der Waals surface area contributed by atoms with Gasteiger partial charge in [0.1, 0.15) is 0 Å². The molecule has 0 spiro atoms. The first-order valence-electron chi connectivity index (χ1n) is 7.20. The molecule has 0 heterocycles. The normalized spacial score (nSPS) is 11.8. The third-order valence-corrected chi connectivity index (χ3v) is 2.74. The molecule has 18 heavy (non-hydrogen) atoms. The molecule has 0 fully saturated rings. The van der Waals surface area contributed by atoms with E-state index in [0.717, 1.165) is 39.3 Å². The van der Waals surface area contributed by atoms with E-state index in [-0.39, 0.29) is 0 Å². The zero-order valence-corrected chi connectivity index (χ0v) is 13.1. The van der Waals surface area contributed by atoms with Crippen molar-refractivity contribution in [1.29, 1.82) is 0 Å². The lowest BCUT2D eigenvalue weighted by atomic mass is 10.2. The second-order valence-electron chi connectivity index (χ2n) is 5.86. The maximum Gasteiger partial charge on any atom is 0.0203 e. The van der Waals surface area contributed by atoms with Crippen LogP contribution in [0.2, 0.25) is 0 Å². The van der Waals surface area contributed by atoms with Gasteiger partial charge in [0.15, 0.2) is 0 Å². The largest absolute Gasteiger partial charge is 0.313 e. The van der Waals surface area contributed by atoms with Crippen LogP contribution >= 0.6 is 0 Å². The average Bonchev–Trinajstić information content (AvgIpc) is 2.25. The predicted molar refractivity (Wildman–Crippen MR) is 82.1 cm³/mol. The van der Waals surface area contributed by atoms with Gasteiger partial charge in [-0.2, -0.15) is 0 Å². The average molecular weight is 255 g/mol. The second-order valence-corrected chi connectivity index (χ2v) is 5.86. The SMILES string of the molecule is C=C(CNCCC)CN(CCN(C)C)CC(C)C. The van der Waals surface area contributed by atoms with Gasteiger partial charge in [-0.3, -0.25) is 4.90 Å². The summed E-state index contributed by atoms with van der Waals surface area (Å²) >= 11 is 0. The van der Waals surface area contributed by atoms with Crippen molar-refractivity contribution in [2.45, 2.75) is 27.2 Å². The predicted octanol–water partition coefficient (Wildman–Crippen LogP) is 2.06. The highest BCUT2D eigenvalue weighted by Gasteiger charge is 2.09. The highest BCUT2D eigenvalue weighted by atomic mass is 15.2. The Kier molecular flexibility index (Phi) is 10.3. The van der Waals surface area contributed by atoms with E-state index in [1.165, 1.54) is 12.0 Å². The van der Waals surface area contributed by atoms with Crippen LogP contribution in [0.15, 0.2) is 12.2 Å². The Labute approximate surface area is 114 Å². The highest BCUT2D eigenvalue weighted by molar-refractivity contribution is 4.99. The molecule has 0 radical (unpaired) electrons. The van der Waals surface area contributed by atoms with Gasteiger partial charge in [0.2, 0.25) is 0 Å². The minimum Gasteiger partial charge on any atom is -0.313 e. The number of rotatable bonds is 11. The second kappa shape index (κ2) is 10.5. The number of likely N-dealkylation sites (N-methyl/N-ethyl adjacent to an activating group) is 1. The molecule has 0 aliphatic carbocycles. The molecule has 0 aromatic carbocycles. The maximum absolute atomic E-state index is 4.18. The number of hydrogen-bond donors (Lipinski definition) is 1. The van der Waals surface area contributed by atoms with Crippen molar-refractivity contribution in [3.63, 3.8) is 0 Å². The van der Waals surface area contributed by atoms with Gasteiger partial charge < -0.3 is 10.2 Å². The number of nitrogens with zero attached hydrogens (tertiary/aromatic N) is 2. The Morgan fingerprint density at radius 3 is 2.39 bits per heavy atom. The van der Waals surface area contributed by atoms with Crippen molar-refractivity contribution in [3.05, 3.63) is 12.2 Å². The van der Waals surface area contributed by atoms with E-state index in [4.69, 9.17) is 0 Å². The lowest BCUT2D eigenvalue weighted by molar-refractivity contribution is 0.233. The fourth-order valence-corrected chi connectivity index (χ4v) is 1.91. The molecule has 0 unspecified atom stereocenters. The summed E-state index contributed by atoms with van der Waals surface area (Å²) in [6.45, 7) is 17.4. The van der Waals surface area contributed by atoms with E-state index in [1.807, 2.05) is 0 Å². The molecule has 3 nitrogen and oxygen atoms in total. The van der Waals surface area contributed by atoms with E-state index < -0.39 is 0 Å². The molecule has 0 bridgehead atoms. The zero-order chi connectivity index (χ0) is 14.0. The first-order chi connectivity index (χ1) is 8.45. The lowest BCUT2D eigenvalue weighted by Gasteiger charge is -2.26. The Morgan fingerprint density at radius 2 is 1.89 bits per heavy atom. The molecular weight excluding hydrogens is 222 g/mol. The van der Waals surface area contributed by atoms with E-state index in [2.05, 4.69) is 56.6 Å². The zero-order valence-electron chi connectivity index (χ0n) is 13.1.